The molecule has 0 aromatic heterocycles. The van der Waals surface area contributed by atoms with Crippen molar-refractivity contribution in [1.82, 2.24) is 0 Å². The normalized spacial score (nSPS) is 31.7. The minimum absolute atomic E-state index is 0.477. The Bertz CT molecular complexity index is 57.1. The van der Waals surface area contributed by atoms with Crippen molar-refractivity contribution in [3.05, 3.63) is 0 Å². The molecule has 0 spiro atoms. The molecule has 0 nitrogen and oxygen atoms in total. The summed E-state index contributed by atoms with van der Waals surface area (Å²) in [5.74, 6) is 0.648. The Kier molecular flexibility index (Phi) is 1.36. The van der Waals surface area contributed by atoms with Crippen LogP contribution in [0, 0.1) is 5.92 Å². The summed E-state index contributed by atoms with van der Waals surface area (Å²) in [5.41, 5.74) is 0. The highest BCUT2D eigenvalue weighted by Crippen LogP contribution is 2.25. The van der Waals surface area contributed by atoms with Crippen molar-refractivity contribution < 1.29 is 4.32 Å². The average Bonchev–Trinajstić information content (AvgIpc) is 1.87. The van der Waals surface area contributed by atoms with Crippen LogP contribution >= 0.6 is 0 Å². The van der Waals surface area contributed by atoms with E-state index in [-0.39, 0.29) is 0 Å². The molecule has 0 amide bonds. The topological polar surface area (TPSA) is 0 Å². The lowest BCUT2D eigenvalue weighted by atomic mass is 9.70. The second kappa shape index (κ2) is 1.85. The van der Waals surface area contributed by atoms with Gasteiger partial charge in [0.2, 0.25) is 0 Å². The molecule has 2 heteroatoms. The van der Waals surface area contributed by atoms with Crippen LogP contribution in [0.25, 0.3) is 0 Å². The van der Waals surface area contributed by atoms with E-state index in [1.165, 1.54) is 0 Å². The maximum atomic E-state index is 12.2. The van der Waals surface area contributed by atoms with E-state index in [2.05, 4.69) is 6.92 Å². The fourth-order valence-corrected chi connectivity index (χ4v) is 1.14. The molecule has 0 saturated carbocycles. The molecule has 0 aromatic rings. The highest BCUT2D eigenvalue weighted by molar-refractivity contribution is 6.51. The zero-order chi connectivity index (χ0) is 5.28. The molecular formula is C5H10BF. The van der Waals surface area contributed by atoms with Gasteiger partial charge in [-0.2, -0.15) is 0 Å². The van der Waals surface area contributed by atoms with E-state index in [9.17, 15) is 4.32 Å². The molecule has 1 aliphatic heterocycles. The third-order valence-corrected chi connectivity index (χ3v) is 1.63. The molecule has 0 aliphatic carbocycles. The van der Waals surface area contributed by atoms with E-state index in [1.807, 2.05) is 0 Å². The van der Waals surface area contributed by atoms with Crippen LogP contribution in [0.5, 0.6) is 0 Å². The first-order valence-corrected chi connectivity index (χ1v) is 2.93. The minimum Gasteiger partial charge on any atom is -0.336 e. The fraction of sp³-hybridized carbons (Fsp3) is 1.00. The first-order valence-electron chi connectivity index (χ1n) is 2.93. The summed E-state index contributed by atoms with van der Waals surface area (Å²) in [5, 5.41) is 0. The van der Waals surface area contributed by atoms with Gasteiger partial charge in [0, 0.05) is 0 Å². The van der Waals surface area contributed by atoms with E-state index in [4.69, 9.17) is 0 Å². The lowest BCUT2D eigenvalue weighted by molar-refractivity contribution is 0.656. The van der Waals surface area contributed by atoms with Crippen molar-refractivity contribution in [3.63, 3.8) is 0 Å². The largest absolute Gasteiger partial charge is 0.348 e. The molecule has 1 heterocycles. The Labute approximate surface area is 44.2 Å². The molecule has 1 fully saturated rings. The maximum Gasteiger partial charge on any atom is 0.348 e. The number of hydrogen-bond acceptors (Lipinski definition) is 0. The van der Waals surface area contributed by atoms with Crippen molar-refractivity contribution in [2.24, 2.45) is 5.92 Å². The fourth-order valence-electron chi connectivity index (χ4n) is 1.14. The van der Waals surface area contributed by atoms with Crippen molar-refractivity contribution in [2.75, 3.05) is 0 Å². The highest BCUT2D eigenvalue weighted by atomic mass is 19.1. The van der Waals surface area contributed by atoms with Gasteiger partial charge in [0.05, 0.1) is 0 Å². The van der Waals surface area contributed by atoms with Gasteiger partial charge in [-0.1, -0.05) is 13.3 Å². The Balaban J connectivity index is 2.26. The summed E-state index contributed by atoms with van der Waals surface area (Å²) in [7, 11) is 0. The van der Waals surface area contributed by atoms with Crippen LogP contribution in [0.2, 0.25) is 12.6 Å². The van der Waals surface area contributed by atoms with Gasteiger partial charge in [0.15, 0.2) is 0 Å². The second-order valence-corrected chi connectivity index (χ2v) is 2.52. The predicted octanol–water partition coefficient (Wildman–Crippen LogP) is 1.99. The molecule has 1 aliphatic rings. The average molecular weight is 99.9 g/mol. The Morgan fingerprint density at radius 3 is 2.57 bits per heavy atom. The molecule has 0 bridgehead atoms. The minimum atomic E-state index is -0.477. The van der Waals surface area contributed by atoms with E-state index >= 15 is 0 Å². The second-order valence-electron chi connectivity index (χ2n) is 2.52. The standard InChI is InChI=1S/C5H10BF/c1-5-2-3-6(7)4-5/h5H,2-4H2,1H3. The lowest BCUT2D eigenvalue weighted by Gasteiger charge is -1.92. The Morgan fingerprint density at radius 2 is 2.43 bits per heavy atom. The predicted molar refractivity (Wildman–Crippen MR) is 30.3 cm³/mol. The van der Waals surface area contributed by atoms with Gasteiger partial charge in [0.1, 0.15) is 0 Å². The molecule has 40 valence electrons. The molecule has 0 aromatic carbocycles. The van der Waals surface area contributed by atoms with Crippen molar-refractivity contribution in [3.8, 4) is 0 Å². The number of rotatable bonds is 0. The molecule has 1 unspecified atom stereocenters. The molecular weight excluding hydrogens is 89.9 g/mol. The number of hydrogen-bond donors (Lipinski definition) is 0. The van der Waals surface area contributed by atoms with Crippen LogP contribution < -0.4 is 0 Å². The summed E-state index contributed by atoms with van der Waals surface area (Å²) in [6, 6.07) is 0. The summed E-state index contributed by atoms with van der Waals surface area (Å²) in [6.45, 7) is 1.63. The van der Waals surface area contributed by atoms with Crippen molar-refractivity contribution in [2.45, 2.75) is 26.0 Å². The Morgan fingerprint density at radius 1 is 1.71 bits per heavy atom. The summed E-state index contributed by atoms with van der Waals surface area (Å²) >= 11 is 0. The molecule has 0 N–H and O–H groups in total. The van der Waals surface area contributed by atoms with Crippen LogP contribution in [-0.2, 0) is 0 Å². The van der Waals surface area contributed by atoms with Crippen LogP contribution in [0.1, 0.15) is 13.3 Å². The highest BCUT2D eigenvalue weighted by Gasteiger charge is 2.24. The zero-order valence-electron chi connectivity index (χ0n) is 4.65. The quantitative estimate of drug-likeness (QED) is 0.408. The SMILES string of the molecule is CC1CCB(F)C1. The van der Waals surface area contributed by atoms with Crippen LogP contribution in [-0.4, -0.2) is 6.99 Å². The summed E-state index contributed by atoms with van der Waals surface area (Å²) < 4.78 is 12.2. The third-order valence-electron chi connectivity index (χ3n) is 1.63. The third kappa shape index (κ3) is 1.18. The van der Waals surface area contributed by atoms with Gasteiger partial charge in [-0.05, 0) is 18.6 Å². The van der Waals surface area contributed by atoms with Crippen molar-refractivity contribution in [1.29, 1.82) is 0 Å². The molecule has 1 atom stereocenters. The van der Waals surface area contributed by atoms with Gasteiger partial charge in [-0.3, -0.25) is 0 Å². The first kappa shape index (κ1) is 5.14. The molecule has 1 saturated heterocycles. The summed E-state index contributed by atoms with van der Waals surface area (Å²) in [4.78, 5) is 0. The van der Waals surface area contributed by atoms with E-state index in [0.29, 0.717) is 5.92 Å². The van der Waals surface area contributed by atoms with Crippen LogP contribution in [0.4, 0.5) is 4.32 Å². The monoisotopic (exact) mass is 100 g/mol. The smallest absolute Gasteiger partial charge is 0.336 e. The van der Waals surface area contributed by atoms with Crippen molar-refractivity contribution >= 4 is 6.99 Å². The zero-order valence-corrected chi connectivity index (χ0v) is 4.65. The molecule has 0 radical (unpaired) electrons. The lowest BCUT2D eigenvalue weighted by Crippen LogP contribution is -1.94. The molecule has 1 rings (SSSR count). The van der Waals surface area contributed by atoms with E-state index in [0.717, 1.165) is 19.1 Å². The van der Waals surface area contributed by atoms with Gasteiger partial charge in [0.25, 0.3) is 0 Å². The first-order chi connectivity index (χ1) is 3.29. The van der Waals surface area contributed by atoms with Crippen LogP contribution in [0.3, 0.4) is 0 Å². The van der Waals surface area contributed by atoms with E-state index < -0.39 is 6.99 Å². The molecule has 7 heavy (non-hydrogen) atoms. The number of halogens is 1. The van der Waals surface area contributed by atoms with Gasteiger partial charge in [-0.15, -0.1) is 0 Å². The van der Waals surface area contributed by atoms with Gasteiger partial charge < -0.3 is 4.32 Å². The Hall–Kier alpha value is -0.00506. The maximum absolute atomic E-state index is 12.2. The van der Waals surface area contributed by atoms with Gasteiger partial charge in [-0.25, -0.2) is 0 Å². The summed E-state index contributed by atoms with van der Waals surface area (Å²) in [6.07, 6.45) is 2.71. The van der Waals surface area contributed by atoms with E-state index in [1.54, 1.807) is 0 Å². The van der Waals surface area contributed by atoms with Gasteiger partial charge >= 0.3 is 6.99 Å². The van der Waals surface area contributed by atoms with Crippen LogP contribution in [0.15, 0.2) is 0 Å².